The highest BCUT2D eigenvalue weighted by molar-refractivity contribution is 6.32. The number of aliphatic carboxylic acids is 1. The number of halogens is 1. The highest BCUT2D eigenvalue weighted by atomic mass is 35.5. The number of aromatic nitrogens is 4. The van der Waals surface area contributed by atoms with Crippen molar-refractivity contribution in [1.29, 1.82) is 0 Å². The summed E-state index contributed by atoms with van der Waals surface area (Å²) < 4.78 is 6.17. The summed E-state index contributed by atoms with van der Waals surface area (Å²) in [7, 11) is 1.53. The van der Waals surface area contributed by atoms with Crippen LogP contribution in [0.2, 0.25) is 5.02 Å². The summed E-state index contributed by atoms with van der Waals surface area (Å²) in [6.45, 7) is -0.510. The summed E-state index contributed by atoms with van der Waals surface area (Å²) in [6.07, 6.45) is 0.287. The Morgan fingerprint density at radius 3 is 2.75 bits per heavy atom. The van der Waals surface area contributed by atoms with Gasteiger partial charge in [-0.25, -0.2) is 9.67 Å². The van der Waals surface area contributed by atoms with Gasteiger partial charge in [-0.3, -0.25) is 9.59 Å². The first kappa shape index (κ1) is 18.0. The molecule has 2 aromatic heterocycles. The molecule has 0 radical (unpaired) electrons. The topological polar surface area (TPSA) is 110 Å². The number of imidazole rings is 1. The largest absolute Gasteiger partial charge is 0.495 e. The van der Waals surface area contributed by atoms with Crippen LogP contribution in [0.1, 0.15) is 11.5 Å². The Bertz CT molecular complexity index is 1280. The third kappa shape index (κ3) is 3.18. The van der Waals surface area contributed by atoms with Crippen LogP contribution in [0.5, 0.6) is 5.75 Å². The Balaban J connectivity index is 1.83. The number of ether oxygens (including phenoxy) is 1. The minimum Gasteiger partial charge on any atom is -0.495 e. The van der Waals surface area contributed by atoms with Crippen LogP contribution in [0.4, 0.5) is 0 Å². The van der Waals surface area contributed by atoms with Gasteiger partial charge in [0.05, 0.1) is 40.7 Å². The fourth-order valence-corrected chi connectivity index (χ4v) is 3.37. The summed E-state index contributed by atoms with van der Waals surface area (Å²) in [5.41, 5.74) is 1.53. The zero-order valence-corrected chi connectivity index (χ0v) is 15.5. The quantitative estimate of drug-likeness (QED) is 0.534. The molecule has 0 unspecified atom stereocenters. The van der Waals surface area contributed by atoms with Crippen LogP contribution >= 0.6 is 11.6 Å². The second-order valence-corrected chi connectivity index (χ2v) is 6.62. The average Bonchev–Trinajstić information content (AvgIpc) is 3.05. The predicted molar refractivity (Wildman–Crippen MR) is 104 cm³/mol. The van der Waals surface area contributed by atoms with Crippen molar-refractivity contribution >= 4 is 39.4 Å². The molecule has 0 aliphatic rings. The van der Waals surface area contributed by atoms with Gasteiger partial charge in [0, 0.05) is 11.5 Å². The number of methoxy groups -OCH3 is 1. The lowest BCUT2D eigenvalue weighted by Gasteiger charge is -2.08. The lowest BCUT2D eigenvalue weighted by molar-refractivity contribution is -0.138. The molecule has 0 fully saturated rings. The molecule has 0 saturated heterocycles. The van der Waals surface area contributed by atoms with Crippen LogP contribution in [0.3, 0.4) is 0 Å². The molecule has 0 bridgehead atoms. The molecule has 0 saturated carbocycles. The van der Waals surface area contributed by atoms with Gasteiger partial charge in [-0.15, -0.1) is 0 Å². The highest BCUT2D eigenvalue weighted by Crippen LogP contribution is 2.29. The van der Waals surface area contributed by atoms with Gasteiger partial charge in [0.1, 0.15) is 18.1 Å². The lowest BCUT2D eigenvalue weighted by atomic mass is 10.1. The number of benzene rings is 2. The Morgan fingerprint density at radius 1 is 1.29 bits per heavy atom. The van der Waals surface area contributed by atoms with E-state index in [1.165, 1.54) is 7.11 Å². The van der Waals surface area contributed by atoms with Crippen LogP contribution in [-0.4, -0.2) is 37.9 Å². The van der Waals surface area contributed by atoms with Crippen molar-refractivity contribution in [3.8, 4) is 5.75 Å². The van der Waals surface area contributed by atoms with E-state index in [4.69, 9.17) is 21.4 Å². The van der Waals surface area contributed by atoms with Crippen LogP contribution < -0.4 is 10.3 Å². The van der Waals surface area contributed by atoms with E-state index in [0.29, 0.717) is 38.6 Å². The smallest absolute Gasteiger partial charge is 0.325 e. The van der Waals surface area contributed by atoms with Crippen molar-refractivity contribution in [2.45, 2.75) is 13.0 Å². The zero-order chi connectivity index (χ0) is 19.8. The molecule has 0 aliphatic carbocycles. The Kier molecular flexibility index (Phi) is 4.48. The molecule has 4 aromatic rings. The van der Waals surface area contributed by atoms with Gasteiger partial charge >= 0.3 is 5.97 Å². The number of hydrogen-bond acceptors (Lipinski definition) is 5. The normalized spacial score (nSPS) is 11.2. The van der Waals surface area contributed by atoms with E-state index >= 15 is 0 Å². The first-order valence-corrected chi connectivity index (χ1v) is 8.76. The van der Waals surface area contributed by atoms with E-state index in [-0.39, 0.29) is 6.42 Å². The van der Waals surface area contributed by atoms with E-state index in [0.717, 1.165) is 10.2 Å². The molecule has 0 spiro atoms. The number of carboxylic acids is 1. The Labute approximate surface area is 163 Å². The van der Waals surface area contributed by atoms with Crippen molar-refractivity contribution in [2.75, 3.05) is 7.11 Å². The maximum atomic E-state index is 12.5. The van der Waals surface area contributed by atoms with Crippen LogP contribution in [-0.2, 0) is 17.8 Å². The molecule has 142 valence electrons. The van der Waals surface area contributed by atoms with E-state index in [1.54, 1.807) is 36.4 Å². The number of carbonyl (C=O) groups is 1. The Morgan fingerprint density at radius 2 is 2.04 bits per heavy atom. The highest BCUT2D eigenvalue weighted by Gasteiger charge is 2.15. The number of H-pyrrole nitrogens is 1. The first-order chi connectivity index (χ1) is 13.5. The van der Waals surface area contributed by atoms with E-state index < -0.39 is 18.1 Å². The molecular formula is C19H15ClN4O4. The number of carboxylic acid groups (broad SMARTS) is 1. The number of fused-ring (bicyclic) bond motifs is 2. The zero-order valence-electron chi connectivity index (χ0n) is 14.8. The van der Waals surface area contributed by atoms with E-state index in [9.17, 15) is 9.59 Å². The molecule has 0 amide bonds. The molecule has 2 heterocycles. The van der Waals surface area contributed by atoms with Gasteiger partial charge in [-0.05, 0) is 12.1 Å². The van der Waals surface area contributed by atoms with Gasteiger partial charge in [0.15, 0.2) is 0 Å². The summed E-state index contributed by atoms with van der Waals surface area (Å²) in [5.74, 6) is -0.00963. The third-order valence-electron chi connectivity index (χ3n) is 4.37. The van der Waals surface area contributed by atoms with Gasteiger partial charge in [0.25, 0.3) is 5.56 Å². The van der Waals surface area contributed by atoms with Crippen molar-refractivity contribution in [3.63, 3.8) is 0 Å². The number of nitrogens with one attached hydrogen (secondary N) is 1. The molecule has 0 aliphatic heterocycles. The maximum absolute atomic E-state index is 12.5. The van der Waals surface area contributed by atoms with Gasteiger partial charge in [0.2, 0.25) is 0 Å². The number of nitrogens with zero attached hydrogens (tertiary/aromatic N) is 3. The second kappa shape index (κ2) is 6.97. The summed E-state index contributed by atoms with van der Waals surface area (Å²) in [6, 6.07) is 10.4. The molecule has 0 atom stereocenters. The fraction of sp³-hybridized carbons (Fsp3) is 0.158. The van der Waals surface area contributed by atoms with Crippen LogP contribution in [0.15, 0.2) is 41.2 Å². The molecule has 28 heavy (non-hydrogen) atoms. The van der Waals surface area contributed by atoms with Crippen LogP contribution in [0, 0.1) is 0 Å². The van der Waals surface area contributed by atoms with Gasteiger partial charge in [-0.1, -0.05) is 29.8 Å². The fourth-order valence-electron chi connectivity index (χ4n) is 3.13. The minimum atomic E-state index is -1.14. The third-order valence-corrected chi connectivity index (χ3v) is 4.66. The molecule has 8 nitrogen and oxygen atoms in total. The molecule has 4 rings (SSSR count). The SMILES string of the molecule is COc1cc2nc(Cc3nn(CC(=O)O)c(=O)c4ccccc34)[nH]c2cc1Cl. The Hall–Kier alpha value is -3.39. The van der Waals surface area contributed by atoms with Crippen molar-refractivity contribution in [3.05, 3.63) is 63.3 Å². The second-order valence-electron chi connectivity index (χ2n) is 6.21. The predicted octanol–water partition coefficient (Wildman–Crippen LogP) is 2.61. The lowest BCUT2D eigenvalue weighted by Crippen LogP contribution is -2.28. The standard InChI is InChI=1S/C19H15ClN4O4/c1-28-16-7-15-14(6-12(16)20)21-17(22-15)8-13-10-4-2-3-5-11(10)19(27)24(23-13)9-18(25)26/h2-7H,8-9H2,1H3,(H,21,22)(H,25,26). The number of aromatic amines is 1. The number of hydrogen-bond donors (Lipinski definition) is 2. The minimum absolute atomic E-state index is 0.287. The summed E-state index contributed by atoms with van der Waals surface area (Å²) >= 11 is 6.16. The van der Waals surface area contributed by atoms with Gasteiger partial charge < -0.3 is 14.8 Å². The van der Waals surface area contributed by atoms with Crippen molar-refractivity contribution in [1.82, 2.24) is 19.7 Å². The van der Waals surface area contributed by atoms with E-state index in [2.05, 4.69) is 15.1 Å². The monoisotopic (exact) mass is 398 g/mol. The van der Waals surface area contributed by atoms with Crippen LogP contribution in [0.25, 0.3) is 21.8 Å². The van der Waals surface area contributed by atoms with E-state index in [1.807, 2.05) is 0 Å². The molecule has 9 heteroatoms. The van der Waals surface area contributed by atoms with Crippen molar-refractivity contribution < 1.29 is 14.6 Å². The molecule has 2 aromatic carbocycles. The number of rotatable bonds is 5. The molecule has 2 N–H and O–H groups in total. The maximum Gasteiger partial charge on any atom is 0.325 e. The first-order valence-electron chi connectivity index (χ1n) is 8.39. The average molecular weight is 399 g/mol. The molecular weight excluding hydrogens is 384 g/mol. The van der Waals surface area contributed by atoms with Gasteiger partial charge in [-0.2, -0.15) is 5.10 Å². The van der Waals surface area contributed by atoms with Crippen molar-refractivity contribution in [2.24, 2.45) is 0 Å². The summed E-state index contributed by atoms with van der Waals surface area (Å²) in [5, 5.41) is 14.9. The summed E-state index contributed by atoms with van der Waals surface area (Å²) in [4.78, 5) is 31.3.